The number of halogens is 1. The van der Waals surface area contributed by atoms with Gasteiger partial charge < -0.3 is 20.1 Å². The summed E-state index contributed by atoms with van der Waals surface area (Å²) in [7, 11) is 0. The molecule has 0 bridgehead atoms. The first-order valence-electron chi connectivity index (χ1n) is 12.2. The van der Waals surface area contributed by atoms with Gasteiger partial charge in [-0.05, 0) is 73.7 Å². The van der Waals surface area contributed by atoms with Crippen molar-refractivity contribution in [3.63, 3.8) is 0 Å². The molecule has 0 spiro atoms. The number of nitrogens with zero attached hydrogens (tertiary/aromatic N) is 3. The van der Waals surface area contributed by atoms with Crippen molar-refractivity contribution in [1.29, 1.82) is 0 Å². The van der Waals surface area contributed by atoms with Crippen molar-refractivity contribution in [2.24, 2.45) is 5.92 Å². The van der Waals surface area contributed by atoms with E-state index in [1.165, 1.54) is 0 Å². The van der Waals surface area contributed by atoms with Crippen molar-refractivity contribution >= 4 is 46.2 Å². The van der Waals surface area contributed by atoms with Gasteiger partial charge in [0.05, 0.1) is 22.4 Å². The summed E-state index contributed by atoms with van der Waals surface area (Å²) < 4.78 is 2.25. The van der Waals surface area contributed by atoms with Gasteiger partial charge in [-0.1, -0.05) is 49.7 Å². The Labute approximate surface area is 227 Å². The maximum atomic E-state index is 12.2. The lowest BCUT2D eigenvalue weighted by atomic mass is 10.0. The van der Waals surface area contributed by atoms with E-state index >= 15 is 0 Å². The molecule has 6 nitrogen and oxygen atoms in total. The van der Waals surface area contributed by atoms with E-state index < -0.39 is 0 Å². The fraction of sp³-hybridized carbons (Fsp3) is 0.207. The average molecular weight is 530 g/mol. The Morgan fingerprint density at radius 3 is 2.46 bits per heavy atom. The molecule has 3 heterocycles. The highest BCUT2D eigenvalue weighted by Crippen LogP contribution is 2.43. The Bertz CT molecular complexity index is 1440. The van der Waals surface area contributed by atoms with Gasteiger partial charge in [-0.15, -0.1) is 0 Å². The molecule has 1 saturated heterocycles. The van der Waals surface area contributed by atoms with Gasteiger partial charge in [0.2, 0.25) is 5.91 Å². The number of para-hydroxylation sites is 1. The summed E-state index contributed by atoms with van der Waals surface area (Å²) in [5.74, 6) is -0.235. The molecular formula is C29H28ClN5OS. The molecule has 37 heavy (non-hydrogen) atoms. The van der Waals surface area contributed by atoms with Gasteiger partial charge in [0.15, 0.2) is 5.11 Å². The van der Waals surface area contributed by atoms with Gasteiger partial charge in [0, 0.05) is 34.9 Å². The summed E-state index contributed by atoms with van der Waals surface area (Å²) in [4.78, 5) is 19.0. The summed E-state index contributed by atoms with van der Waals surface area (Å²) in [6.45, 7) is 5.79. The molecule has 2 aromatic heterocycles. The monoisotopic (exact) mass is 529 g/mol. The van der Waals surface area contributed by atoms with Crippen LogP contribution in [0, 0.1) is 12.8 Å². The number of benzene rings is 2. The number of anilines is 2. The van der Waals surface area contributed by atoms with Gasteiger partial charge in [-0.25, -0.2) is 0 Å². The van der Waals surface area contributed by atoms with E-state index in [1.807, 2.05) is 68.4 Å². The summed E-state index contributed by atoms with van der Waals surface area (Å²) in [5, 5.41) is 7.43. The molecule has 2 aromatic carbocycles. The highest BCUT2D eigenvalue weighted by atomic mass is 35.5. The van der Waals surface area contributed by atoms with Crippen molar-refractivity contribution in [2.75, 3.05) is 10.2 Å². The normalized spacial score (nSPS) is 17.2. The first-order valence-corrected chi connectivity index (χ1v) is 13.0. The molecule has 5 rings (SSSR count). The zero-order chi connectivity index (χ0) is 26.1. The third kappa shape index (κ3) is 4.84. The van der Waals surface area contributed by atoms with Crippen molar-refractivity contribution < 1.29 is 4.79 Å². The number of aryl methyl sites for hydroxylation is 1. The first kappa shape index (κ1) is 25.0. The van der Waals surface area contributed by atoms with Gasteiger partial charge in [-0.2, -0.15) is 0 Å². The van der Waals surface area contributed by atoms with Crippen molar-refractivity contribution in [2.45, 2.75) is 32.9 Å². The van der Waals surface area contributed by atoms with Crippen LogP contribution in [0.2, 0.25) is 5.02 Å². The number of hydrogen-bond donors (Lipinski definition) is 2. The van der Waals surface area contributed by atoms with Crippen molar-refractivity contribution in [3.8, 4) is 5.69 Å². The molecule has 1 amide bonds. The molecule has 4 aromatic rings. The van der Waals surface area contributed by atoms with Crippen LogP contribution in [-0.2, 0) is 4.79 Å². The number of hydrogen-bond acceptors (Lipinski definition) is 3. The molecule has 0 aliphatic carbocycles. The van der Waals surface area contributed by atoms with Gasteiger partial charge in [0.1, 0.15) is 6.04 Å². The Hall–Kier alpha value is -3.68. The second-order valence-electron chi connectivity index (χ2n) is 9.38. The van der Waals surface area contributed by atoms with Crippen LogP contribution >= 0.6 is 23.8 Å². The topological polar surface area (TPSA) is 62.2 Å². The third-order valence-corrected chi connectivity index (χ3v) is 7.16. The third-order valence-electron chi connectivity index (χ3n) is 6.53. The van der Waals surface area contributed by atoms with Gasteiger partial charge in [0.25, 0.3) is 0 Å². The van der Waals surface area contributed by atoms with Crippen molar-refractivity contribution in [1.82, 2.24) is 14.9 Å². The van der Waals surface area contributed by atoms with Crippen molar-refractivity contribution in [3.05, 3.63) is 107 Å². The minimum Gasteiger partial charge on any atom is -0.351 e. The number of carbonyl (C=O) groups is 1. The number of nitrogens with one attached hydrogen (secondary N) is 2. The lowest BCUT2D eigenvalue weighted by molar-refractivity contribution is -0.118. The Kier molecular flexibility index (Phi) is 7.00. The molecule has 2 N–H and O–H groups in total. The van der Waals surface area contributed by atoms with Crippen LogP contribution in [0.3, 0.4) is 0 Å². The lowest BCUT2D eigenvalue weighted by Gasteiger charge is -2.29. The smallest absolute Gasteiger partial charge is 0.226 e. The molecule has 1 fully saturated rings. The average Bonchev–Trinajstić information content (AvgIpc) is 3.45. The van der Waals surface area contributed by atoms with Gasteiger partial charge in [-0.3, -0.25) is 9.78 Å². The second kappa shape index (κ2) is 10.4. The van der Waals surface area contributed by atoms with Crippen LogP contribution in [0.4, 0.5) is 11.4 Å². The van der Waals surface area contributed by atoms with Crippen LogP contribution in [0.25, 0.3) is 5.69 Å². The molecule has 2 atom stereocenters. The standard InChI is InChI=1S/C29H28ClN5OS/c1-18(2)28(36)32-23-14-13-21(17-22(23)30)35-27(26(33-29(35)37)24-11-7-8-16-31-24)25-15-12-19(3)34(25)20-9-5-4-6-10-20/h4-18,26-27H,1-3H3,(H,32,36)(H,33,37)/t26-,27-/m0/s1. The molecular weight excluding hydrogens is 502 g/mol. The molecule has 188 valence electrons. The Morgan fingerprint density at radius 2 is 1.78 bits per heavy atom. The molecule has 8 heteroatoms. The van der Waals surface area contributed by atoms with E-state index in [0.29, 0.717) is 15.8 Å². The van der Waals surface area contributed by atoms with E-state index in [1.54, 1.807) is 6.20 Å². The minimum absolute atomic E-state index is 0.0859. The summed E-state index contributed by atoms with van der Waals surface area (Å²) in [6, 6.07) is 25.7. The maximum Gasteiger partial charge on any atom is 0.226 e. The van der Waals surface area contributed by atoms with Crippen LogP contribution in [0.1, 0.15) is 43.0 Å². The zero-order valence-corrected chi connectivity index (χ0v) is 22.4. The fourth-order valence-corrected chi connectivity index (χ4v) is 5.25. The van der Waals surface area contributed by atoms with E-state index in [2.05, 4.69) is 56.3 Å². The lowest BCUT2D eigenvalue weighted by Crippen LogP contribution is -2.30. The minimum atomic E-state index is -0.205. The van der Waals surface area contributed by atoms with E-state index in [9.17, 15) is 4.79 Å². The van der Waals surface area contributed by atoms with Crippen LogP contribution in [0.5, 0.6) is 0 Å². The van der Waals surface area contributed by atoms with E-state index in [4.69, 9.17) is 23.8 Å². The summed E-state index contributed by atoms with van der Waals surface area (Å²) >= 11 is 12.5. The SMILES string of the molecule is Cc1ccc([C@H]2[C@H](c3ccccn3)NC(=S)N2c2ccc(NC(=O)C(C)C)c(Cl)c2)n1-c1ccccc1. The fourth-order valence-electron chi connectivity index (χ4n) is 4.69. The number of carbonyl (C=O) groups excluding carboxylic acids is 1. The van der Waals surface area contributed by atoms with Crippen LogP contribution < -0.4 is 15.5 Å². The predicted octanol–water partition coefficient (Wildman–Crippen LogP) is 6.61. The Balaban J connectivity index is 1.62. The van der Waals surface area contributed by atoms with E-state index in [-0.39, 0.29) is 23.9 Å². The highest BCUT2D eigenvalue weighted by Gasteiger charge is 2.42. The maximum absolute atomic E-state index is 12.2. The largest absolute Gasteiger partial charge is 0.351 e. The zero-order valence-electron chi connectivity index (χ0n) is 20.9. The summed E-state index contributed by atoms with van der Waals surface area (Å²) in [5.41, 5.74) is 5.55. The molecule has 1 aliphatic heterocycles. The van der Waals surface area contributed by atoms with Gasteiger partial charge >= 0.3 is 0 Å². The molecule has 0 radical (unpaired) electrons. The van der Waals surface area contributed by atoms with E-state index in [0.717, 1.165) is 28.5 Å². The highest BCUT2D eigenvalue weighted by molar-refractivity contribution is 7.80. The molecule has 0 saturated carbocycles. The number of rotatable bonds is 6. The first-order chi connectivity index (χ1) is 17.8. The quantitative estimate of drug-likeness (QED) is 0.275. The molecule has 0 unspecified atom stereocenters. The second-order valence-corrected chi connectivity index (χ2v) is 10.2. The number of thiocarbonyl (C=S) groups is 1. The number of amides is 1. The number of aromatic nitrogens is 2. The van der Waals surface area contributed by atoms with Crippen LogP contribution in [-0.4, -0.2) is 20.6 Å². The predicted molar refractivity (Wildman–Crippen MR) is 153 cm³/mol. The summed E-state index contributed by atoms with van der Waals surface area (Å²) in [6.07, 6.45) is 1.80. The molecule has 1 aliphatic rings. The Morgan fingerprint density at radius 1 is 1.03 bits per heavy atom. The van der Waals surface area contributed by atoms with Crippen LogP contribution in [0.15, 0.2) is 85.1 Å². The number of pyridine rings is 1.